The Balaban J connectivity index is 2.05. The van der Waals surface area contributed by atoms with Crippen LogP contribution >= 0.6 is 0 Å². The molecule has 0 heterocycles. The lowest BCUT2D eigenvalue weighted by Gasteiger charge is -2.01. The molecule has 5 nitrogen and oxygen atoms in total. The molecule has 4 N–H and O–H groups in total. The van der Waals surface area contributed by atoms with E-state index in [1.54, 1.807) is 18.2 Å². The molecule has 0 fully saturated rings. The molecule has 0 unspecified atom stereocenters. The van der Waals surface area contributed by atoms with E-state index in [4.69, 9.17) is 10.2 Å². The van der Waals surface area contributed by atoms with E-state index in [1.165, 1.54) is 30.5 Å². The van der Waals surface area contributed by atoms with Crippen LogP contribution in [0.25, 0.3) is 0 Å². The van der Waals surface area contributed by atoms with Crippen LogP contribution in [0, 0.1) is 0 Å². The summed E-state index contributed by atoms with van der Waals surface area (Å²) in [6, 6.07) is 10.7. The summed E-state index contributed by atoms with van der Waals surface area (Å²) in [5.74, 6) is 0.128. The van der Waals surface area contributed by atoms with Crippen LogP contribution in [0.5, 0.6) is 17.2 Å². The first kappa shape index (κ1) is 11.8. The molecule has 0 saturated heterocycles. The number of hydrogen-bond acceptors (Lipinski definition) is 5. The smallest absolute Gasteiger partial charge is 0.128 e. The first-order valence-corrected chi connectivity index (χ1v) is 5.25. The van der Waals surface area contributed by atoms with Crippen molar-refractivity contribution in [1.29, 1.82) is 0 Å². The maximum Gasteiger partial charge on any atom is 0.128 e. The van der Waals surface area contributed by atoms with Crippen LogP contribution in [0.1, 0.15) is 5.56 Å². The van der Waals surface area contributed by atoms with Gasteiger partial charge >= 0.3 is 0 Å². The number of nitrogens with one attached hydrogen (secondary N) is 1. The predicted molar refractivity (Wildman–Crippen MR) is 69.1 cm³/mol. The number of anilines is 1. The number of hydrogen-bond donors (Lipinski definition) is 4. The van der Waals surface area contributed by atoms with Gasteiger partial charge in [-0.1, -0.05) is 0 Å². The number of rotatable bonds is 3. The van der Waals surface area contributed by atoms with Crippen molar-refractivity contribution in [1.82, 2.24) is 0 Å². The van der Waals surface area contributed by atoms with Crippen molar-refractivity contribution < 1.29 is 15.3 Å². The van der Waals surface area contributed by atoms with E-state index >= 15 is 0 Å². The third-order valence-electron chi connectivity index (χ3n) is 2.28. The van der Waals surface area contributed by atoms with Crippen molar-refractivity contribution in [2.24, 2.45) is 5.10 Å². The number of hydrazone groups is 1. The molecule has 0 amide bonds. The minimum Gasteiger partial charge on any atom is -0.508 e. The highest BCUT2D eigenvalue weighted by atomic mass is 16.3. The van der Waals surface area contributed by atoms with Gasteiger partial charge in [0, 0.05) is 11.6 Å². The molecule has 0 atom stereocenters. The fraction of sp³-hybridized carbons (Fsp3) is 0. The number of phenols is 3. The minimum atomic E-state index is -0.0498. The Hall–Kier alpha value is -2.69. The molecule has 0 aromatic heterocycles. The van der Waals surface area contributed by atoms with E-state index in [0.29, 0.717) is 11.3 Å². The maximum atomic E-state index is 9.51. The van der Waals surface area contributed by atoms with E-state index in [0.717, 1.165) is 0 Å². The molecule has 5 heteroatoms. The summed E-state index contributed by atoms with van der Waals surface area (Å²) in [6.45, 7) is 0. The summed E-state index contributed by atoms with van der Waals surface area (Å²) in [5, 5.41) is 31.7. The van der Waals surface area contributed by atoms with Crippen LogP contribution in [0.2, 0.25) is 0 Å². The zero-order valence-corrected chi connectivity index (χ0v) is 9.41. The second-order valence-corrected chi connectivity index (χ2v) is 3.66. The van der Waals surface area contributed by atoms with Gasteiger partial charge in [-0.25, -0.2) is 0 Å². The zero-order valence-electron chi connectivity index (χ0n) is 9.41. The lowest BCUT2D eigenvalue weighted by Crippen LogP contribution is -1.90. The van der Waals surface area contributed by atoms with Gasteiger partial charge in [0.2, 0.25) is 0 Å². The summed E-state index contributed by atoms with van der Waals surface area (Å²) in [6.07, 6.45) is 1.43. The highest BCUT2D eigenvalue weighted by Crippen LogP contribution is 2.21. The number of aromatic hydroxyl groups is 3. The van der Waals surface area contributed by atoms with Crippen LogP contribution in [0.15, 0.2) is 47.6 Å². The summed E-state index contributed by atoms with van der Waals surface area (Å²) in [4.78, 5) is 0. The average Bonchev–Trinajstić information content (AvgIpc) is 2.34. The molecule has 2 rings (SSSR count). The van der Waals surface area contributed by atoms with E-state index in [1.807, 2.05) is 0 Å². The topological polar surface area (TPSA) is 85.1 Å². The lowest BCUT2D eigenvalue weighted by molar-refractivity contribution is 0.450. The monoisotopic (exact) mass is 244 g/mol. The standard InChI is InChI=1S/C13H12N2O3/c16-11-5-2-10(3-6-11)15-14-8-9-1-4-12(17)7-13(9)18/h1-8,15-18H/b14-8+. The van der Waals surface area contributed by atoms with E-state index < -0.39 is 0 Å². The second-order valence-electron chi connectivity index (χ2n) is 3.66. The molecule has 2 aromatic rings. The Morgan fingerprint density at radius 2 is 1.56 bits per heavy atom. The van der Waals surface area contributed by atoms with Gasteiger partial charge in [-0.05, 0) is 36.4 Å². The summed E-state index contributed by atoms with van der Waals surface area (Å²) in [7, 11) is 0. The Kier molecular flexibility index (Phi) is 3.33. The molecule has 2 aromatic carbocycles. The first-order valence-electron chi connectivity index (χ1n) is 5.25. The van der Waals surface area contributed by atoms with Gasteiger partial charge in [0.05, 0.1) is 11.9 Å². The molecular formula is C13H12N2O3. The van der Waals surface area contributed by atoms with Gasteiger partial charge in [0.15, 0.2) is 0 Å². The van der Waals surface area contributed by atoms with E-state index in [2.05, 4.69) is 10.5 Å². The number of benzene rings is 2. The molecule has 0 saturated carbocycles. The average molecular weight is 244 g/mol. The van der Waals surface area contributed by atoms with Gasteiger partial charge in [-0.2, -0.15) is 5.10 Å². The van der Waals surface area contributed by atoms with Crippen molar-refractivity contribution in [2.45, 2.75) is 0 Å². The molecule has 18 heavy (non-hydrogen) atoms. The summed E-state index contributed by atoms with van der Waals surface area (Å²) >= 11 is 0. The Bertz CT molecular complexity index is 565. The fourth-order valence-electron chi connectivity index (χ4n) is 1.35. The molecular weight excluding hydrogens is 232 g/mol. The minimum absolute atomic E-state index is 0.00357. The largest absolute Gasteiger partial charge is 0.508 e. The molecule has 0 bridgehead atoms. The molecule has 92 valence electrons. The molecule has 0 aliphatic carbocycles. The number of phenolic OH excluding ortho intramolecular Hbond substituents is 3. The Labute approximate surface area is 104 Å². The predicted octanol–water partition coefficient (Wildman–Crippen LogP) is 2.25. The third-order valence-corrected chi connectivity index (χ3v) is 2.28. The van der Waals surface area contributed by atoms with E-state index in [-0.39, 0.29) is 17.2 Å². The Morgan fingerprint density at radius 1 is 0.889 bits per heavy atom. The SMILES string of the molecule is Oc1ccc(N/N=C/c2ccc(O)cc2O)cc1. The number of nitrogens with zero attached hydrogens (tertiary/aromatic N) is 1. The Morgan fingerprint density at radius 3 is 2.22 bits per heavy atom. The highest BCUT2D eigenvalue weighted by Gasteiger charge is 1.98. The maximum absolute atomic E-state index is 9.51. The first-order chi connectivity index (χ1) is 8.65. The van der Waals surface area contributed by atoms with Crippen molar-refractivity contribution in [2.75, 3.05) is 5.43 Å². The van der Waals surface area contributed by atoms with Crippen LogP contribution in [-0.2, 0) is 0 Å². The van der Waals surface area contributed by atoms with Crippen molar-refractivity contribution in [3.05, 3.63) is 48.0 Å². The molecule has 0 aliphatic heterocycles. The van der Waals surface area contributed by atoms with Crippen LogP contribution in [-0.4, -0.2) is 21.5 Å². The van der Waals surface area contributed by atoms with Gasteiger partial charge in [-0.15, -0.1) is 0 Å². The van der Waals surface area contributed by atoms with Gasteiger partial charge in [0.25, 0.3) is 0 Å². The van der Waals surface area contributed by atoms with Crippen molar-refractivity contribution in [3.8, 4) is 17.2 Å². The van der Waals surface area contributed by atoms with Gasteiger partial charge < -0.3 is 15.3 Å². The van der Waals surface area contributed by atoms with Gasteiger partial charge in [-0.3, -0.25) is 5.43 Å². The lowest BCUT2D eigenvalue weighted by atomic mass is 10.2. The molecule has 0 radical (unpaired) electrons. The van der Waals surface area contributed by atoms with Crippen LogP contribution in [0.3, 0.4) is 0 Å². The highest BCUT2D eigenvalue weighted by molar-refractivity contribution is 5.84. The molecule has 0 aliphatic rings. The van der Waals surface area contributed by atoms with Crippen LogP contribution in [0.4, 0.5) is 5.69 Å². The van der Waals surface area contributed by atoms with Gasteiger partial charge in [0.1, 0.15) is 17.2 Å². The van der Waals surface area contributed by atoms with Crippen molar-refractivity contribution >= 4 is 11.9 Å². The van der Waals surface area contributed by atoms with Crippen LogP contribution < -0.4 is 5.43 Å². The normalized spacial score (nSPS) is 10.7. The van der Waals surface area contributed by atoms with Crippen molar-refractivity contribution in [3.63, 3.8) is 0 Å². The summed E-state index contributed by atoms with van der Waals surface area (Å²) in [5.41, 5.74) is 3.94. The zero-order chi connectivity index (χ0) is 13.0. The fourth-order valence-corrected chi connectivity index (χ4v) is 1.35. The molecule has 0 spiro atoms. The second kappa shape index (κ2) is 5.09. The van der Waals surface area contributed by atoms with E-state index in [9.17, 15) is 5.11 Å². The summed E-state index contributed by atoms with van der Waals surface area (Å²) < 4.78 is 0. The third kappa shape index (κ3) is 2.91. The quantitative estimate of drug-likeness (QED) is 0.379.